The number of nitrogens with one attached hydrogen (secondary N) is 1. The van der Waals surface area contributed by atoms with Crippen molar-refractivity contribution in [2.24, 2.45) is 5.92 Å². The molecular weight excluding hydrogens is 368 g/mol. The SMILES string of the molecule is CC(=O)c1ccc2c(c1)N(Cc1ccc(C(=O)NC(C)C(C)C)cc1)C(=O)CO2. The van der Waals surface area contributed by atoms with E-state index in [0.717, 1.165) is 5.56 Å². The average Bonchev–Trinajstić information content (AvgIpc) is 2.70. The fourth-order valence-electron chi connectivity index (χ4n) is 3.00. The van der Waals surface area contributed by atoms with Crippen molar-refractivity contribution in [3.05, 3.63) is 59.2 Å². The molecule has 1 N–H and O–H groups in total. The van der Waals surface area contributed by atoms with Crippen LogP contribution >= 0.6 is 0 Å². The molecule has 152 valence electrons. The predicted molar refractivity (Wildman–Crippen MR) is 111 cm³/mol. The van der Waals surface area contributed by atoms with Gasteiger partial charge in [-0.1, -0.05) is 26.0 Å². The van der Waals surface area contributed by atoms with E-state index < -0.39 is 0 Å². The van der Waals surface area contributed by atoms with Crippen molar-refractivity contribution in [3.63, 3.8) is 0 Å². The smallest absolute Gasteiger partial charge is 0.265 e. The third-order valence-corrected chi connectivity index (χ3v) is 5.22. The van der Waals surface area contributed by atoms with Gasteiger partial charge in [-0.2, -0.15) is 0 Å². The van der Waals surface area contributed by atoms with Gasteiger partial charge in [-0.25, -0.2) is 0 Å². The van der Waals surface area contributed by atoms with Crippen molar-refractivity contribution in [1.29, 1.82) is 0 Å². The van der Waals surface area contributed by atoms with E-state index in [9.17, 15) is 14.4 Å². The van der Waals surface area contributed by atoms with Crippen molar-refractivity contribution in [3.8, 4) is 5.75 Å². The molecule has 1 atom stereocenters. The third kappa shape index (κ3) is 4.65. The first kappa shape index (κ1) is 20.6. The molecule has 0 radical (unpaired) electrons. The zero-order valence-corrected chi connectivity index (χ0v) is 17.2. The van der Waals surface area contributed by atoms with Gasteiger partial charge in [0.1, 0.15) is 5.75 Å². The third-order valence-electron chi connectivity index (χ3n) is 5.22. The number of carbonyl (C=O) groups is 3. The average molecular weight is 394 g/mol. The minimum Gasteiger partial charge on any atom is -0.482 e. The molecular formula is C23H26N2O4. The molecule has 0 aromatic heterocycles. The number of carbonyl (C=O) groups excluding carboxylic acids is 3. The summed E-state index contributed by atoms with van der Waals surface area (Å²) in [5.74, 6) is 0.568. The van der Waals surface area contributed by atoms with Crippen LogP contribution in [-0.4, -0.2) is 30.2 Å². The number of anilines is 1. The van der Waals surface area contributed by atoms with E-state index in [1.54, 1.807) is 35.2 Å². The number of rotatable bonds is 6. The standard InChI is InChI=1S/C23H26N2O4/c1-14(2)15(3)24-23(28)18-7-5-17(6-8-18)12-25-20-11-19(16(4)26)9-10-21(20)29-13-22(25)27/h5-11,14-15H,12-13H2,1-4H3,(H,24,28). The highest BCUT2D eigenvalue weighted by atomic mass is 16.5. The Hall–Kier alpha value is -3.15. The van der Waals surface area contributed by atoms with Crippen LogP contribution in [0.2, 0.25) is 0 Å². The number of hydrogen-bond acceptors (Lipinski definition) is 4. The molecule has 1 aliphatic heterocycles. The Bertz CT molecular complexity index is 934. The highest BCUT2D eigenvalue weighted by Gasteiger charge is 2.26. The molecule has 29 heavy (non-hydrogen) atoms. The normalized spacial score (nSPS) is 14.2. The number of nitrogens with zero attached hydrogens (tertiary/aromatic N) is 1. The number of ether oxygens (including phenoxy) is 1. The summed E-state index contributed by atoms with van der Waals surface area (Å²) in [5, 5.41) is 2.98. The van der Waals surface area contributed by atoms with E-state index in [0.29, 0.717) is 35.0 Å². The summed E-state index contributed by atoms with van der Waals surface area (Å²) in [6.45, 7) is 7.88. The van der Waals surface area contributed by atoms with Gasteiger partial charge in [-0.3, -0.25) is 14.4 Å². The summed E-state index contributed by atoms with van der Waals surface area (Å²) in [6, 6.07) is 12.4. The number of hydrogen-bond donors (Lipinski definition) is 1. The molecule has 3 rings (SSSR count). The van der Waals surface area contributed by atoms with E-state index >= 15 is 0 Å². The van der Waals surface area contributed by atoms with Gasteiger partial charge in [0.15, 0.2) is 12.4 Å². The lowest BCUT2D eigenvalue weighted by Gasteiger charge is -2.29. The summed E-state index contributed by atoms with van der Waals surface area (Å²) in [6.07, 6.45) is 0. The minimum absolute atomic E-state index is 0.0417. The van der Waals surface area contributed by atoms with Gasteiger partial charge in [0.25, 0.3) is 11.8 Å². The Balaban J connectivity index is 1.78. The Morgan fingerprint density at radius 3 is 2.34 bits per heavy atom. The van der Waals surface area contributed by atoms with Crippen LogP contribution in [0, 0.1) is 5.92 Å². The maximum atomic E-state index is 12.5. The maximum Gasteiger partial charge on any atom is 0.265 e. The van der Waals surface area contributed by atoms with E-state index in [2.05, 4.69) is 19.2 Å². The van der Waals surface area contributed by atoms with Crippen LogP contribution < -0.4 is 15.0 Å². The number of amides is 2. The molecule has 0 aliphatic carbocycles. The predicted octanol–water partition coefficient (Wildman–Crippen LogP) is 3.59. The number of benzene rings is 2. The second-order valence-corrected chi connectivity index (χ2v) is 7.71. The lowest BCUT2D eigenvalue weighted by Crippen LogP contribution is -2.38. The lowest BCUT2D eigenvalue weighted by molar-refractivity contribution is -0.121. The van der Waals surface area contributed by atoms with Crippen molar-refractivity contribution in [2.75, 3.05) is 11.5 Å². The van der Waals surface area contributed by atoms with Crippen molar-refractivity contribution >= 4 is 23.3 Å². The summed E-state index contributed by atoms with van der Waals surface area (Å²) in [7, 11) is 0. The molecule has 0 saturated heterocycles. The van der Waals surface area contributed by atoms with Crippen LogP contribution in [0.3, 0.4) is 0 Å². The molecule has 6 heteroatoms. The van der Waals surface area contributed by atoms with E-state index in [-0.39, 0.29) is 30.2 Å². The zero-order chi connectivity index (χ0) is 21.1. The summed E-state index contributed by atoms with van der Waals surface area (Å²) in [4.78, 5) is 38.1. The minimum atomic E-state index is -0.175. The molecule has 0 spiro atoms. The van der Waals surface area contributed by atoms with Gasteiger partial charge in [0, 0.05) is 17.2 Å². The Morgan fingerprint density at radius 1 is 1.07 bits per heavy atom. The molecule has 2 amide bonds. The first-order chi connectivity index (χ1) is 13.8. The van der Waals surface area contributed by atoms with Gasteiger partial charge in [0.05, 0.1) is 12.2 Å². The van der Waals surface area contributed by atoms with Crippen molar-refractivity contribution < 1.29 is 19.1 Å². The molecule has 2 aromatic rings. The second-order valence-electron chi connectivity index (χ2n) is 7.71. The van der Waals surface area contributed by atoms with Gasteiger partial charge >= 0.3 is 0 Å². The molecule has 6 nitrogen and oxygen atoms in total. The van der Waals surface area contributed by atoms with Crippen LogP contribution in [0.15, 0.2) is 42.5 Å². The van der Waals surface area contributed by atoms with Crippen LogP contribution in [0.1, 0.15) is 54.0 Å². The molecule has 0 fully saturated rings. The van der Waals surface area contributed by atoms with Gasteiger partial charge in [-0.15, -0.1) is 0 Å². The molecule has 2 aromatic carbocycles. The lowest BCUT2D eigenvalue weighted by atomic mass is 10.0. The summed E-state index contributed by atoms with van der Waals surface area (Å²) < 4.78 is 5.49. The molecule has 0 bridgehead atoms. The first-order valence-corrected chi connectivity index (χ1v) is 9.74. The largest absolute Gasteiger partial charge is 0.482 e. The maximum absolute atomic E-state index is 12.5. The molecule has 1 heterocycles. The van der Waals surface area contributed by atoms with Crippen LogP contribution in [0.25, 0.3) is 0 Å². The van der Waals surface area contributed by atoms with E-state index in [4.69, 9.17) is 4.74 Å². The first-order valence-electron chi connectivity index (χ1n) is 9.74. The monoisotopic (exact) mass is 394 g/mol. The van der Waals surface area contributed by atoms with E-state index in [1.807, 2.05) is 19.1 Å². The number of ketones is 1. The Morgan fingerprint density at radius 2 is 1.72 bits per heavy atom. The van der Waals surface area contributed by atoms with Gasteiger partial charge in [0.2, 0.25) is 0 Å². The van der Waals surface area contributed by atoms with Crippen molar-refractivity contribution in [1.82, 2.24) is 5.32 Å². The fraction of sp³-hybridized carbons (Fsp3) is 0.348. The van der Waals surface area contributed by atoms with E-state index in [1.165, 1.54) is 6.92 Å². The van der Waals surface area contributed by atoms with Crippen LogP contribution in [0.4, 0.5) is 5.69 Å². The highest BCUT2D eigenvalue weighted by molar-refractivity contribution is 6.01. The Labute approximate surface area is 170 Å². The summed E-state index contributed by atoms with van der Waals surface area (Å²) >= 11 is 0. The molecule has 1 unspecified atom stereocenters. The van der Waals surface area contributed by atoms with Gasteiger partial charge in [-0.05, 0) is 55.7 Å². The number of Topliss-reactive ketones (excluding diaryl/α,β-unsaturated/α-hetero) is 1. The Kier molecular flexibility index (Phi) is 6.01. The molecule has 0 saturated carbocycles. The topological polar surface area (TPSA) is 75.7 Å². The zero-order valence-electron chi connectivity index (χ0n) is 17.2. The summed E-state index contributed by atoms with van der Waals surface area (Å²) in [5.41, 5.74) is 2.57. The quantitative estimate of drug-likeness (QED) is 0.760. The van der Waals surface area contributed by atoms with Crippen LogP contribution in [0.5, 0.6) is 5.75 Å². The second kappa shape index (κ2) is 8.47. The van der Waals surface area contributed by atoms with Crippen LogP contribution in [-0.2, 0) is 11.3 Å². The van der Waals surface area contributed by atoms with Crippen molar-refractivity contribution in [2.45, 2.75) is 40.3 Å². The highest BCUT2D eigenvalue weighted by Crippen LogP contribution is 2.34. The number of fused-ring (bicyclic) bond motifs is 1. The fourth-order valence-corrected chi connectivity index (χ4v) is 3.00. The molecule has 1 aliphatic rings. The van der Waals surface area contributed by atoms with Gasteiger partial charge < -0.3 is 15.0 Å².